The van der Waals surface area contributed by atoms with Crippen LogP contribution in [0.1, 0.15) is 41.6 Å². The predicted molar refractivity (Wildman–Crippen MR) is 60.5 cm³/mol. The molecular weight excluding hydrogens is 242 g/mol. The fraction of sp³-hybridized carbons (Fsp3) is 0.364. The van der Waals surface area contributed by atoms with Crippen LogP contribution in [0.15, 0.2) is 16.6 Å². The molecule has 2 rings (SSSR count). The van der Waals surface area contributed by atoms with E-state index in [1.807, 2.05) is 12.1 Å². The molecule has 0 fully saturated rings. The monoisotopic (exact) mass is 253 g/mol. The number of hydrogen-bond donors (Lipinski definition) is 1. The molecular formula is C11H12BrNO. The minimum absolute atomic E-state index is 0.206. The van der Waals surface area contributed by atoms with Crippen molar-refractivity contribution < 1.29 is 4.79 Å². The van der Waals surface area contributed by atoms with Gasteiger partial charge in [0.25, 0.3) is 0 Å². The first-order valence-electron chi connectivity index (χ1n) is 4.72. The van der Waals surface area contributed by atoms with Crippen molar-refractivity contribution in [2.75, 3.05) is 5.73 Å². The lowest BCUT2D eigenvalue weighted by Gasteiger charge is -2.22. The van der Waals surface area contributed by atoms with Crippen molar-refractivity contribution >= 4 is 27.4 Å². The third-order valence-electron chi connectivity index (χ3n) is 2.82. The van der Waals surface area contributed by atoms with E-state index in [-0.39, 0.29) is 5.78 Å². The Kier molecular flexibility index (Phi) is 2.35. The summed E-state index contributed by atoms with van der Waals surface area (Å²) < 4.78 is 0.770. The van der Waals surface area contributed by atoms with Gasteiger partial charge in [0.05, 0.1) is 4.47 Å². The Morgan fingerprint density at radius 1 is 1.50 bits per heavy atom. The molecule has 0 aromatic heterocycles. The number of halogens is 1. The van der Waals surface area contributed by atoms with E-state index in [0.717, 1.165) is 22.0 Å². The van der Waals surface area contributed by atoms with Gasteiger partial charge in [-0.25, -0.2) is 0 Å². The summed E-state index contributed by atoms with van der Waals surface area (Å²) in [4.78, 5) is 11.7. The first-order chi connectivity index (χ1) is 6.61. The molecule has 0 spiro atoms. The Balaban J connectivity index is 2.67. The van der Waals surface area contributed by atoms with Crippen LogP contribution >= 0.6 is 15.9 Å². The molecule has 0 saturated heterocycles. The molecule has 74 valence electrons. The highest BCUT2D eigenvalue weighted by Crippen LogP contribution is 2.37. The maximum absolute atomic E-state index is 11.7. The number of Topliss-reactive ketones (excluding diaryl/α,β-unsaturated/α-hetero) is 1. The zero-order chi connectivity index (χ0) is 10.3. The van der Waals surface area contributed by atoms with Crippen LogP contribution in [0.3, 0.4) is 0 Å². The van der Waals surface area contributed by atoms with Crippen LogP contribution in [0.25, 0.3) is 0 Å². The van der Waals surface area contributed by atoms with E-state index in [0.29, 0.717) is 18.0 Å². The number of benzene rings is 1. The molecule has 0 heterocycles. The quantitative estimate of drug-likeness (QED) is 0.723. The van der Waals surface area contributed by atoms with E-state index in [4.69, 9.17) is 5.73 Å². The first-order valence-corrected chi connectivity index (χ1v) is 5.51. The molecule has 0 radical (unpaired) electrons. The zero-order valence-corrected chi connectivity index (χ0v) is 9.60. The molecule has 2 N–H and O–H groups in total. The van der Waals surface area contributed by atoms with Crippen molar-refractivity contribution in [3.8, 4) is 0 Å². The zero-order valence-electron chi connectivity index (χ0n) is 8.01. The second-order valence-corrected chi connectivity index (χ2v) is 4.59. The van der Waals surface area contributed by atoms with Gasteiger partial charge in [0.1, 0.15) is 0 Å². The largest absolute Gasteiger partial charge is 0.398 e. The molecule has 1 aromatic carbocycles. The van der Waals surface area contributed by atoms with Crippen molar-refractivity contribution in [2.24, 2.45) is 0 Å². The summed E-state index contributed by atoms with van der Waals surface area (Å²) in [5.41, 5.74) is 8.32. The third kappa shape index (κ3) is 1.36. The number of nitrogens with two attached hydrogens (primary N) is 1. The number of nitrogen functional groups attached to an aromatic ring is 1. The molecule has 1 aliphatic rings. The molecule has 0 aliphatic heterocycles. The third-order valence-corrected chi connectivity index (χ3v) is 3.67. The Morgan fingerprint density at radius 2 is 2.21 bits per heavy atom. The Morgan fingerprint density at radius 3 is 2.93 bits per heavy atom. The van der Waals surface area contributed by atoms with Crippen molar-refractivity contribution in [3.63, 3.8) is 0 Å². The van der Waals surface area contributed by atoms with Crippen LogP contribution in [-0.2, 0) is 0 Å². The summed E-state index contributed by atoms with van der Waals surface area (Å²) in [7, 11) is 0. The Labute approximate surface area is 91.6 Å². The number of ketones is 1. The second-order valence-electron chi connectivity index (χ2n) is 3.80. The van der Waals surface area contributed by atoms with Crippen LogP contribution in [0.2, 0.25) is 0 Å². The van der Waals surface area contributed by atoms with Gasteiger partial charge in [-0.05, 0) is 39.9 Å². The predicted octanol–water partition coefficient (Wildman–Crippen LogP) is 3.11. The lowest BCUT2D eigenvalue weighted by Crippen LogP contribution is -2.15. The van der Waals surface area contributed by atoms with Crippen molar-refractivity contribution in [1.29, 1.82) is 0 Å². The smallest absolute Gasteiger partial charge is 0.164 e. The number of anilines is 1. The number of fused-ring (bicyclic) bond motifs is 1. The molecule has 0 bridgehead atoms. The summed E-state index contributed by atoms with van der Waals surface area (Å²) in [6.07, 6.45) is 1.58. The SMILES string of the molecule is C[C@H]1CCC(=O)c2c1ccc(N)c2Br. The van der Waals surface area contributed by atoms with E-state index in [1.54, 1.807) is 0 Å². The Bertz CT molecular complexity index is 401. The van der Waals surface area contributed by atoms with Gasteiger partial charge in [0.2, 0.25) is 0 Å². The van der Waals surface area contributed by atoms with Crippen LogP contribution in [0, 0.1) is 0 Å². The summed E-state index contributed by atoms with van der Waals surface area (Å²) >= 11 is 3.39. The minimum Gasteiger partial charge on any atom is -0.398 e. The lowest BCUT2D eigenvalue weighted by molar-refractivity contribution is 0.0967. The van der Waals surface area contributed by atoms with Gasteiger partial charge in [0, 0.05) is 17.7 Å². The Hall–Kier alpha value is -0.830. The minimum atomic E-state index is 0.206. The van der Waals surface area contributed by atoms with Crippen molar-refractivity contribution in [1.82, 2.24) is 0 Å². The van der Waals surface area contributed by atoms with Crippen LogP contribution < -0.4 is 5.73 Å². The molecule has 1 aromatic rings. The fourth-order valence-corrected chi connectivity index (χ4v) is 2.51. The van der Waals surface area contributed by atoms with E-state index >= 15 is 0 Å². The molecule has 0 unspecified atom stereocenters. The maximum Gasteiger partial charge on any atom is 0.164 e. The lowest BCUT2D eigenvalue weighted by atomic mass is 9.83. The van der Waals surface area contributed by atoms with Crippen LogP contribution in [0.5, 0.6) is 0 Å². The van der Waals surface area contributed by atoms with Gasteiger partial charge in [-0.2, -0.15) is 0 Å². The molecule has 1 aliphatic carbocycles. The topological polar surface area (TPSA) is 43.1 Å². The van der Waals surface area contributed by atoms with E-state index in [9.17, 15) is 4.79 Å². The number of carbonyl (C=O) groups excluding carboxylic acids is 1. The van der Waals surface area contributed by atoms with Crippen LogP contribution in [0.4, 0.5) is 5.69 Å². The molecule has 0 amide bonds. The number of rotatable bonds is 0. The summed E-state index contributed by atoms with van der Waals surface area (Å²) in [5, 5.41) is 0. The average molecular weight is 254 g/mol. The van der Waals surface area contributed by atoms with Crippen molar-refractivity contribution in [3.05, 3.63) is 27.7 Å². The average Bonchev–Trinajstić information content (AvgIpc) is 2.16. The number of carbonyl (C=O) groups is 1. The van der Waals surface area contributed by atoms with Gasteiger partial charge in [-0.3, -0.25) is 4.79 Å². The molecule has 2 nitrogen and oxygen atoms in total. The van der Waals surface area contributed by atoms with E-state index < -0.39 is 0 Å². The van der Waals surface area contributed by atoms with Gasteiger partial charge in [-0.15, -0.1) is 0 Å². The maximum atomic E-state index is 11.7. The second kappa shape index (κ2) is 3.39. The highest BCUT2D eigenvalue weighted by atomic mass is 79.9. The van der Waals surface area contributed by atoms with Gasteiger partial charge in [0.15, 0.2) is 5.78 Å². The van der Waals surface area contributed by atoms with Crippen LogP contribution in [-0.4, -0.2) is 5.78 Å². The number of hydrogen-bond acceptors (Lipinski definition) is 2. The van der Waals surface area contributed by atoms with Gasteiger partial charge >= 0.3 is 0 Å². The first kappa shape index (κ1) is 9.71. The highest BCUT2D eigenvalue weighted by molar-refractivity contribution is 9.10. The summed E-state index contributed by atoms with van der Waals surface area (Å²) in [6, 6.07) is 3.83. The molecule has 1 atom stereocenters. The van der Waals surface area contributed by atoms with Crippen molar-refractivity contribution in [2.45, 2.75) is 25.7 Å². The summed E-state index contributed by atoms with van der Waals surface area (Å²) in [6.45, 7) is 2.15. The fourth-order valence-electron chi connectivity index (χ4n) is 1.93. The van der Waals surface area contributed by atoms with Gasteiger partial charge < -0.3 is 5.73 Å². The highest BCUT2D eigenvalue weighted by Gasteiger charge is 2.25. The summed E-state index contributed by atoms with van der Waals surface area (Å²) in [5.74, 6) is 0.664. The molecule has 14 heavy (non-hydrogen) atoms. The normalized spacial score (nSPS) is 20.7. The molecule has 3 heteroatoms. The van der Waals surface area contributed by atoms with E-state index in [1.165, 1.54) is 0 Å². The molecule has 0 saturated carbocycles. The van der Waals surface area contributed by atoms with E-state index in [2.05, 4.69) is 22.9 Å². The standard InChI is InChI=1S/C11H12BrNO/c1-6-2-5-9(14)10-7(6)3-4-8(13)11(10)12/h3-4,6H,2,5,13H2,1H3/t6-/m0/s1. The van der Waals surface area contributed by atoms with Gasteiger partial charge in [-0.1, -0.05) is 13.0 Å².